The Labute approximate surface area is 346 Å². The number of hydrogen-bond donors (Lipinski definition) is 4. The fourth-order valence-corrected chi connectivity index (χ4v) is 9.00. The molecule has 0 spiro atoms. The average molecular weight is 777 g/mol. The molecule has 0 saturated heterocycles. The maximum Gasteiger partial charge on any atom is 0.119 e. The highest BCUT2D eigenvalue weighted by molar-refractivity contribution is 5.55. The monoisotopic (exact) mass is 777 g/mol. The van der Waals surface area contributed by atoms with Crippen LogP contribution in [-0.4, -0.2) is 20.4 Å². The zero-order valence-corrected chi connectivity index (χ0v) is 38.5. The summed E-state index contributed by atoms with van der Waals surface area (Å²) in [7, 11) is 0. The molecule has 4 rings (SSSR count). The van der Waals surface area contributed by atoms with Crippen molar-refractivity contribution in [3.05, 3.63) is 115 Å². The summed E-state index contributed by atoms with van der Waals surface area (Å²) in [6.45, 7) is 34.7. The maximum atomic E-state index is 11.4. The van der Waals surface area contributed by atoms with Gasteiger partial charge in [0.1, 0.15) is 23.0 Å². The maximum absolute atomic E-state index is 11.4. The van der Waals surface area contributed by atoms with Gasteiger partial charge in [0.15, 0.2) is 0 Å². The molecule has 0 heterocycles. The molecule has 0 amide bonds. The molecule has 0 bridgehead atoms. The van der Waals surface area contributed by atoms with E-state index in [1.807, 2.05) is 24.3 Å². The van der Waals surface area contributed by atoms with Crippen LogP contribution in [0.15, 0.2) is 48.5 Å². The van der Waals surface area contributed by atoms with E-state index in [0.717, 1.165) is 89.5 Å². The van der Waals surface area contributed by atoms with E-state index < -0.39 is 0 Å². The summed E-state index contributed by atoms with van der Waals surface area (Å²) in [5, 5.41) is 45.4. The molecule has 4 aromatic carbocycles. The lowest BCUT2D eigenvalue weighted by atomic mass is 9.73. The highest BCUT2D eigenvalue weighted by Gasteiger charge is 2.31. The number of phenols is 4. The summed E-state index contributed by atoms with van der Waals surface area (Å²) in [6.07, 6.45) is 5.83. The van der Waals surface area contributed by atoms with E-state index in [2.05, 4.69) is 135 Å². The minimum Gasteiger partial charge on any atom is -0.508 e. The first kappa shape index (κ1) is 45.8. The molecule has 0 aliphatic rings. The Morgan fingerprint density at radius 1 is 0.351 bits per heavy atom. The molecule has 4 heteroatoms. The van der Waals surface area contributed by atoms with Gasteiger partial charge in [-0.05, 0) is 151 Å². The Morgan fingerprint density at radius 2 is 0.544 bits per heavy atom. The van der Waals surface area contributed by atoms with Crippen LogP contribution in [0, 0.1) is 0 Å². The summed E-state index contributed by atoms with van der Waals surface area (Å²) in [4.78, 5) is 0. The smallest absolute Gasteiger partial charge is 0.119 e. The van der Waals surface area contributed by atoms with Crippen molar-refractivity contribution in [2.45, 2.75) is 189 Å². The van der Waals surface area contributed by atoms with Crippen LogP contribution in [0.4, 0.5) is 0 Å². The van der Waals surface area contributed by atoms with Crippen molar-refractivity contribution in [1.29, 1.82) is 0 Å². The van der Waals surface area contributed by atoms with E-state index in [4.69, 9.17) is 0 Å². The zero-order valence-electron chi connectivity index (χ0n) is 38.5. The van der Waals surface area contributed by atoms with Gasteiger partial charge in [-0.25, -0.2) is 0 Å². The Kier molecular flexibility index (Phi) is 13.8. The molecule has 312 valence electrons. The molecule has 0 aromatic heterocycles. The van der Waals surface area contributed by atoms with Crippen LogP contribution < -0.4 is 0 Å². The van der Waals surface area contributed by atoms with Gasteiger partial charge in [-0.2, -0.15) is 0 Å². The number of phenolic OH excluding ortho intramolecular Hbond substituents is 4. The third kappa shape index (κ3) is 10.0. The summed E-state index contributed by atoms with van der Waals surface area (Å²) >= 11 is 0. The Bertz CT molecular complexity index is 1750. The molecule has 0 saturated carbocycles. The molecular formula is C53H76O4. The highest BCUT2D eigenvalue weighted by Crippen LogP contribution is 2.47. The van der Waals surface area contributed by atoms with Crippen molar-refractivity contribution < 1.29 is 20.4 Å². The van der Waals surface area contributed by atoms with E-state index >= 15 is 0 Å². The number of rotatable bonds is 12. The fraction of sp³-hybridized carbons (Fsp3) is 0.547. The summed E-state index contributed by atoms with van der Waals surface area (Å²) in [5.74, 6) is 1.46. The van der Waals surface area contributed by atoms with Gasteiger partial charge in [0.2, 0.25) is 0 Å². The lowest BCUT2D eigenvalue weighted by Crippen LogP contribution is -2.18. The number of aryl methyl sites for hydroxylation is 4. The van der Waals surface area contributed by atoms with Crippen LogP contribution in [0.3, 0.4) is 0 Å². The summed E-state index contributed by atoms with van der Waals surface area (Å²) < 4.78 is 0. The van der Waals surface area contributed by atoms with Gasteiger partial charge in [-0.15, -0.1) is 0 Å². The normalized spacial score (nSPS) is 12.9. The van der Waals surface area contributed by atoms with Crippen molar-refractivity contribution in [2.75, 3.05) is 0 Å². The molecule has 0 atom stereocenters. The fourth-order valence-electron chi connectivity index (χ4n) is 9.00. The van der Waals surface area contributed by atoms with E-state index in [1.165, 1.54) is 22.3 Å². The Balaban J connectivity index is 2.03. The van der Waals surface area contributed by atoms with Crippen LogP contribution in [0.2, 0.25) is 0 Å². The number of benzene rings is 4. The van der Waals surface area contributed by atoms with Gasteiger partial charge < -0.3 is 20.4 Å². The molecule has 0 unspecified atom stereocenters. The van der Waals surface area contributed by atoms with Gasteiger partial charge in [-0.3, -0.25) is 0 Å². The lowest BCUT2D eigenvalue weighted by Gasteiger charge is -2.31. The van der Waals surface area contributed by atoms with Gasteiger partial charge in [0.05, 0.1) is 0 Å². The van der Waals surface area contributed by atoms with Gasteiger partial charge in [-0.1, -0.05) is 141 Å². The third-order valence-corrected chi connectivity index (χ3v) is 12.3. The lowest BCUT2D eigenvalue weighted by molar-refractivity contribution is 0.443. The third-order valence-electron chi connectivity index (χ3n) is 12.3. The largest absolute Gasteiger partial charge is 0.508 e. The van der Waals surface area contributed by atoms with Crippen LogP contribution in [0.1, 0.15) is 209 Å². The predicted molar refractivity (Wildman–Crippen MR) is 242 cm³/mol. The van der Waals surface area contributed by atoms with Crippen LogP contribution in [-0.2, 0) is 47.3 Å². The number of aromatic hydroxyl groups is 4. The molecule has 0 aliphatic carbocycles. The Morgan fingerprint density at radius 3 is 0.702 bits per heavy atom. The molecule has 0 aliphatic heterocycles. The van der Waals surface area contributed by atoms with Crippen molar-refractivity contribution in [3.63, 3.8) is 0 Å². The van der Waals surface area contributed by atoms with Crippen molar-refractivity contribution >= 4 is 0 Å². The van der Waals surface area contributed by atoms with E-state index in [-0.39, 0.29) is 33.5 Å². The second-order valence-corrected chi connectivity index (χ2v) is 20.7. The zero-order chi connectivity index (χ0) is 43.0. The Hall–Kier alpha value is -3.92. The van der Waals surface area contributed by atoms with Crippen molar-refractivity contribution in [3.8, 4) is 23.0 Å². The quantitative estimate of drug-likeness (QED) is 0.115. The van der Waals surface area contributed by atoms with Crippen LogP contribution >= 0.6 is 0 Å². The highest BCUT2D eigenvalue weighted by atomic mass is 16.3. The topological polar surface area (TPSA) is 80.9 Å². The molecule has 4 nitrogen and oxygen atoms in total. The summed E-state index contributed by atoms with van der Waals surface area (Å²) in [6, 6.07) is 17.1. The molecule has 57 heavy (non-hydrogen) atoms. The average Bonchev–Trinajstić information content (AvgIpc) is 3.09. The van der Waals surface area contributed by atoms with Crippen LogP contribution in [0.5, 0.6) is 23.0 Å². The van der Waals surface area contributed by atoms with Crippen LogP contribution in [0.25, 0.3) is 0 Å². The SMILES string of the molecule is CCc1cc(O)c(C(C)(C)C)cc1C(CCCC(c1cc(C(C)(C)C)c(O)cc1CC)c1cc(C(C)(C)C)c(O)cc1CC)c1cc(C(C)(C)C)c(O)cc1CC. The molecule has 4 aromatic rings. The van der Waals surface area contributed by atoms with Gasteiger partial charge in [0, 0.05) is 11.8 Å². The van der Waals surface area contributed by atoms with Crippen molar-refractivity contribution in [1.82, 2.24) is 0 Å². The second kappa shape index (κ2) is 17.1. The molecular weight excluding hydrogens is 701 g/mol. The number of hydrogen-bond acceptors (Lipinski definition) is 4. The molecule has 0 fully saturated rings. The van der Waals surface area contributed by atoms with E-state index in [1.54, 1.807) is 0 Å². The van der Waals surface area contributed by atoms with Gasteiger partial charge >= 0.3 is 0 Å². The standard InChI is InChI=1S/C53H76O4/c1-17-32-24-46(54)42(50(5,6)7)28-38(32)36(39-29-43(51(8,9)10)47(55)25-33(39)18-2)22-21-23-37(40-30-44(52(11,12)13)48(56)26-34(40)19-3)41-31-45(53(14,15)16)49(57)27-35(41)20-4/h24-31,36-37,54-57H,17-23H2,1-16H3. The van der Waals surface area contributed by atoms with E-state index in [0.29, 0.717) is 23.0 Å². The van der Waals surface area contributed by atoms with Gasteiger partial charge in [0.25, 0.3) is 0 Å². The molecule has 0 radical (unpaired) electrons. The second-order valence-electron chi connectivity index (χ2n) is 20.7. The summed E-state index contributed by atoms with van der Waals surface area (Å²) in [5.41, 5.74) is 12.4. The first-order valence-corrected chi connectivity index (χ1v) is 21.7. The van der Waals surface area contributed by atoms with Crippen molar-refractivity contribution in [2.24, 2.45) is 0 Å². The predicted octanol–water partition coefficient (Wildman–Crippen LogP) is 14.1. The first-order valence-electron chi connectivity index (χ1n) is 21.7. The minimum atomic E-state index is -0.250. The minimum absolute atomic E-state index is 0.0325. The molecule has 4 N–H and O–H groups in total. The first-order chi connectivity index (χ1) is 26.3. The van der Waals surface area contributed by atoms with E-state index in [9.17, 15) is 20.4 Å².